The minimum atomic E-state index is -0.219. The van der Waals surface area contributed by atoms with Crippen LogP contribution in [0.15, 0.2) is 12.1 Å². The minimum absolute atomic E-state index is 0.00442. The highest BCUT2D eigenvalue weighted by molar-refractivity contribution is 7.13. The van der Waals surface area contributed by atoms with E-state index < -0.39 is 0 Å². The second kappa shape index (κ2) is 7.42. The third-order valence-electron chi connectivity index (χ3n) is 4.33. The molecular weight excluding hydrogens is 314 g/mol. The molecule has 1 aromatic rings. The first kappa shape index (κ1) is 16.4. The molecule has 7 heteroatoms. The van der Waals surface area contributed by atoms with Gasteiger partial charge in [0.1, 0.15) is 6.04 Å². The predicted octanol–water partition coefficient (Wildman–Crippen LogP) is 0.766. The topological polar surface area (TPSA) is 70.7 Å². The van der Waals surface area contributed by atoms with E-state index in [0.29, 0.717) is 26.3 Å². The molecule has 2 saturated heterocycles. The van der Waals surface area contributed by atoms with E-state index in [2.05, 4.69) is 10.6 Å². The number of piperidine rings is 1. The molecule has 2 fully saturated rings. The zero-order chi connectivity index (χ0) is 16.2. The van der Waals surface area contributed by atoms with Crippen LogP contribution in [-0.2, 0) is 9.53 Å². The van der Waals surface area contributed by atoms with Crippen LogP contribution in [0.4, 0.5) is 0 Å². The van der Waals surface area contributed by atoms with Crippen molar-refractivity contribution >= 4 is 23.2 Å². The van der Waals surface area contributed by atoms with Crippen LogP contribution in [0.3, 0.4) is 0 Å². The molecule has 6 nitrogen and oxygen atoms in total. The lowest BCUT2D eigenvalue weighted by Crippen LogP contribution is -2.55. The summed E-state index contributed by atoms with van der Waals surface area (Å²) in [4.78, 5) is 28.4. The SMILES string of the molecule is Cc1ccc(C(=O)NC2CCN(C(=O)C3COCCN3)CC2)s1. The Morgan fingerprint density at radius 1 is 1.35 bits per heavy atom. The van der Waals surface area contributed by atoms with Gasteiger partial charge in [-0.1, -0.05) is 0 Å². The molecule has 0 aromatic carbocycles. The maximum absolute atomic E-state index is 12.4. The number of carbonyl (C=O) groups is 2. The molecule has 3 heterocycles. The zero-order valence-electron chi connectivity index (χ0n) is 13.3. The highest BCUT2D eigenvalue weighted by atomic mass is 32.1. The van der Waals surface area contributed by atoms with Crippen molar-refractivity contribution in [2.75, 3.05) is 32.8 Å². The van der Waals surface area contributed by atoms with E-state index >= 15 is 0 Å². The fraction of sp³-hybridized carbons (Fsp3) is 0.625. The monoisotopic (exact) mass is 337 g/mol. The highest BCUT2D eigenvalue weighted by Gasteiger charge is 2.30. The van der Waals surface area contributed by atoms with E-state index in [1.807, 2.05) is 24.0 Å². The number of hydrogen-bond acceptors (Lipinski definition) is 5. The number of ether oxygens (including phenoxy) is 1. The molecule has 126 valence electrons. The van der Waals surface area contributed by atoms with Gasteiger partial charge in [-0.3, -0.25) is 9.59 Å². The maximum Gasteiger partial charge on any atom is 0.261 e. The summed E-state index contributed by atoms with van der Waals surface area (Å²) in [5.74, 6) is 0.110. The summed E-state index contributed by atoms with van der Waals surface area (Å²) in [7, 11) is 0. The summed E-state index contributed by atoms with van der Waals surface area (Å²) < 4.78 is 5.35. The molecule has 1 atom stereocenters. The van der Waals surface area contributed by atoms with E-state index in [-0.39, 0.29) is 23.9 Å². The van der Waals surface area contributed by atoms with Gasteiger partial charge in [0.25, 0.3) is 5.91 Å². The fourth-order valence-electron chi connectivity index (χ4n) is 3.00. The molecule has 3 rings (SSSR count). The van der Waals surface area contributed by atoms with Crippen molar-refractivity contribution in [2.45, 2.75) is 31.8 Å². The summed E-state index contributed by atoms with van der Waals surface area (Å²) in [6.07, 6.45) is 1.60. The number of thiophene rings is 1. The van der Waals surface area contributed by atoms with Crippen molar-refractivity contribution in [1.82, 2.24) is 15.5 Å². The van der Waals surface area contributed by atoms with Crippen molar-refractivity contribution in [3.8, 4) is 0 Å². The molecular formula is C16H23N3O3S. The first-order valence-electron chi connectivity index (χ1n) is 8.10. The van der Waals surface area contributed by atoms with Gasteiger partial charge in [0, 0.05) is 30.6 Å². The number of nitrogens with zero attached hydrogens (tertiary/aromatic N) is 1. The van der Waals surface area contributed by atoms with Crippen LogP contribution in [-0.4, -0.2) is 61.6 Å². The first-order valence-corrected chi connectivity index (χ1v) is 8.92. The average molecular weight is 337 g/mol. The summed E-state index contributed by atoms with van der Waals surface area (Å²) in [6.45, 7) is 5.21. The number of likely N-dealkylation sites (tertiary alicyclic amines) is 1. The van der Waals surface area contributed by atoms with Crippen molar-refractivity contribution in [3.05, 3.63) is 21.9 Å². The molecule has 23 heavy (non-hydrogen) atoms. The summed E-state index contributed by atoms with van der Waals surface area (Å²) in [5.41, 5.74) is 0. The lowest BCUT2D eigenvalue weighted by atomic mass is 10.0. The van der Waals surface area contributed by atoms with Crippen molar-refractivity contribution in [1.29, 1.82) is 0 Å². The van der Waals surface area contributed by atoms with Gasteiger partial charge in [-0.05, 0) is 31.9 Å². The van der Waals surface area contributed by atoms with Crippen molar-refractivity contribution in [3.63, 3.8) is 0 Å². The summed E-state index contributed by atoms with van der Waals surface area (Å²) in [6, 6.07) is 3.75. The average Bonchev–Trinajstić information content (AvgIpc) is 3.02. The Hall–Kier alpha value is -1.44. The Kier molecular flexibility index (Phi) is 5.30. The first-order chi connectivity index (χ1) is 11.1. The van der Waals surface area contributed by atoms with E-state index in [0.717, 1.165) is 29.1 Å². The van der Waals surface area contributed by atoms with Gasteiger partial charge < -0.3 is 20.3 Å². The second-order valence-electron chi connectivity index (χ2n) is 6.06. The standard InChI is InChI=1S/C16H23N3O3S/c1-11-2-3-14(23-11)15(20)18-12-4-7-19(8-5-12)16(21)13-10-22-9-6-17-13/h2-3,12-13,17H,4-10H2,1H3,(H,18,20). The van der Waals surface area contributed by atoms with Gasteiger partial charge in [0.05, 0.1) is 18.1 Å². The van der Waals surface area contributed by atoms with Gasteiger partial charge in [0.15, 0.2) is 0 Å². The quantitative estimate of drug-likeness (QED) is 0.855. The fourth-order valence-corrected chi connectivity index (χ4v) is 3.77. The predicted molar refractivity (Wildman–Crippen MR) is 88.7 cm³/mol. The van der Waals surface area contributed by atoms with E-state index in [4.69, 9.17) is 4.74 Å². The molecule has 2 aliphatic heterocycles. The number of rotatable bonds is 3. The normalized spacial score (nSPS) is 22.8. The maximum atomic E-state index is 12.4. The lowest BCUT2D eigenvalue weighted by Gasteiger charge is -2.35. The number of morpholine rings is 1. The Morgan fingerprint density at radius 3 is 2.74 bits per heavy atom. The number of amides is 2. The van der Waals surface area contributed by atoms with Gasteiger partial charge in [-0.15, -0.1) is 11.3 Å². The van der Waals surface area contributed by atoms with E-state index in [1.54, 1.807) is 0 Å². The van der Waals surface area contributed by atoms with Crippen LogP contribution in [0.5, 0.6) is 0 Å². The molecule has 0 bridgehead atoms. The van der Waals surface area contributed by atoms with Crippen LogP contribution in [0.1, 0.15) is 27.4 Å². The third-order valence-corrected chi connectivity index (χ3v) is 5.33. The Labute approximate surface area is 140 Å². The van der Waals surface area contributed by atoms with E-state index in [1.165, 1.54) is 11.3 Å². The van der Waals surface area contributed by atoms with Crippen LogP contribution in [0.25, 0.3) is 0 Å². The minimum Gasteiger partial charge on any atom is -0.378 e. The number of aryl methyl sites for hydroxylation is 1. The number of nitrogens with one attached hydrogen (secondary N) is 2. The Morgan fingerprint density at radius 2 is 2.13 bits per heavy atom. The summed E-state index contributed by atoms with van der Waals surface area (Å²) in [5, 5.41) is 6.28. The largest absolute Gasteiger partial charge is 0.378 e. The van der Waals surface area contributed by atoms with Crippen LogP contribution < -0.4 is 10.6 Å². The molecule has 1 unspecified atom stereocenters. The molecule has 0 aliphatic carbocycles. The lowest BCUT2D eigenvalue weighted by molar-refractivity contribution is -0.137. The number of carbonyl (C=O) groups excluding carboxylic acids is 2. The van der Waals surface area contributed by atoms with Crippen LogP contribution >= 0.6 is 11.3 Å². The molecule has 0 saturated carbocycles. The molecule has 2 amide bonds. The van der Waals surface area contributed by atoms with Crippen LogP contribution in [0.2, 0.25) is 0 Å². The van der Waals surface area contributed by atoms with Gasteiger partial charge in [-0.25, -0.2) is 0 Å². The van der Waals surface area contributed by atoms with E-state index in [9.17, 15) is 9.59 Å². The Balaban J connectivity index is 1.46. The molecule has 0 radical (unpaired) electrons. The molecule has 0 spiro atoms. The van der Waals surface area contributed by atoms with Gasteiger partial charge >= 0.3 is 0 Å². The Bertz CT molecular complexity index is 561. The third kappa shape index (κ3) is 4.10. The van der Waals surface area contributed by atoms with Gasteiger partial charge in [-0.2, -0.15) is 0 Å². The summed E-state index contributed by atoms with van der Waals surface area (Å²) >= 11 is 1.51. The molecule has 2 aliphatic rings. The van der Waals surface area contributed by atoms with Crippen molar-refractivity contribution < 1.29 is 14.3 Å². The smallest absolute Gasteiger partial charge is 0.261 e. The highest BCUT2D eigenvalue weighted by Crippen LogP contribution is 2.17. The van der Waals surface area contributed by atoms with Crippen molar-refractivity contribution in [2.24, 2.45) is 0 Å². The molecule has 1 aromatic heterocycles. The zero-order valence-corrected chi connectivity index (χ0v) is 14.2. The second-order valence-corrected chi connectivity index (χ2v) is 7.35. The molecule has 2 N–H and O–H groups in total. The number of hydrogen-bond donors (Lipinski definition) is 2. The van der Waals surface area contributed by atoms with Gasteiger partial charge in [0.2, 0.25) is 5.91 Å². The van der Waals surface area contributed by atoms with Crippen LogP contribution in [0, 0.1) is 6.92 Å².